The molecule has 1 N–H and O–H groups in total. The zero-order valence-electron chi connectivity index (χ0n) is 13.6. The lowest BCUT2D eigenvalue weighted by molar-refractivity contribution is -0.144. The molecule has 130 valence electrons. The highest BCUT2D eigenvalue weighted by molar-refractivity contribution is 5.73. The lowest BCUT2D eigenvalue weighted by Gasteiger charge is -2.26. The van der Waals surface area contributed by atoms with Crippen LogP contribution in [0.5, 0.6) is 0 Å². The van der Waals surface area contributed by atoms with Crippen molar-refractivity contribution in [2.24, 2.45) is 0 Å². The molecule has 0 rings (SSSR count). The molecule has 0 fully saturated rings. The van der Waals surface area contributed by atoms with E-state index in [4.69, 9.17) is 14.2 Å². The van der Waals surface area contributed by atoms with Crippen LogP contribution in [0.15, 0.2) is 25.3 Å². The Morgan fingerprint density at radius 3 is 2.30 bits per heavy atom. The molecule has 0 aliphatic heterocycles. The largest absolute Gasteiger partial charge is 0.466 e. The molecule has 8 nitrogen and oxygen atoms in total. The lowest BCUT2D eigenvalue weighted by atomic mass is 10.2. The van der Waals surface area contributed by atoms with Gasteiger partial charge in [0, 0.05) is 13.6 Å². The molecule has 0 bridgehead atoms. The number of ether oxygens (including phenoxy) is 3. The average Bonchev–Trinajstić information content (AvgIpc) is 2.53. The van der Waals surface area contributed by atoms with Gasteiger partial charge in [0.1, 0.15) is 13.2 Å². The Morgan fingerprint density at radius 1 is 1.13 bits per heavy atom. The second-order valence-corrected chi connectivity index (χ2v) is 4.41. The standard InChI is InChI=1S/C15H24N2O6/c1-5-8-22-14(19)16-11-12(10-13(18)21-7-3)17(4)15(20)23-9-6-2/h5-6,12H,1-2,7-11H2,3-4H3,(H,16,19)/t12-/m1/s1. The highest BCUT2D eigenvalue weighted by Crippen LogP contribution is 2.06. The van der Waals surface area contributed by atoms with Crippen molar-refractivity contribution in [2.75, 3.05) is 33.4 Å². The number of hydrogen-bond acceptors (Lipinski definition) is 6. The van der Waals surface area contributed by atoms with Crippen molar-refractivity contribution in [3.05, 3.63) is 25.3 Å². The van der Waals surface area contributed by atoms with Gasteiger partial charge in [0.15, 0.2) is 0 Å². The second kappa shape index (κ2) is 12.1. The molecule has 0 spiro atoms. The maximum absolute atomic E-state index is 11.8. The van der Waals surface area contributed by atoms with Crippen molar-refractivity contribution in [3.8, 4) is 0 Å². The number of amides is 2. The number of hydrogen-bond donors (Lipinski definition) is 1. The predicted molar refractivity (Wildman–Crippen MR) is 83.9 cm³/mol. The monoisotopic (exact) mass is 328 g/mol. The van der Waals surface area contributed by atoms with E-state index in [1.54, 1.807) is 6.92 Å². The molecule has 0 aliphatic rings. The Bertz CT molecular complexity index is 424. The van der Waals surface area contributed by atoms with Crippen LogP contribution in [0.2, 0.25) is 0 Å². The van der Waals surface area contributed by atoms with Gasteiger partial charge >= 0.3 is 18.2 Å². The smallest absolute Gasteiger partial charge is 0.410 e. The summed E-state index contributed by atoms with van der Waals surface area (Å²) in [5, 5.41) is 2.47. The van der Waals surface area contributed by atoms with E-state index >= 15 is 0 Å². The Balaban J connectivity index is 4.68. The molecule has 0 aliphatic carbocycles. The zero-order valence-corrected chi connectivity index (χ0v) is 13.6. The van der Waals surface area contributed by atoms with E-state index in [1.807, 2.05) is 0 Å². The average molecular weight is 328 g/mol. The van der Waals surface area contributed by atoms with E-state index in [2.05, 4.69) is 18.5 Å². The van der Waals surface area contributed by atoms with E-state index in [0.717, 1.165) is 0 Å². The number of carbonyl (C=O) groups is 3. The minimum absolute atomic E-state index is 0.00841. The predicted octanol–water partition coefficient (Wildman–Crippen LogP) is 1.47. The van der Waals surface area contributed by atoms with Gasteiger partial charge in [-0.3, -0.25) is 4.79 Å². The number of esters is 1. The second-order valence-electron chi connectivity index (χ2n) is 4.41. The van der Waals surface area contributed by atoms with Crippen molar-refractivity contribution >= 4 is 18.2 Å². The molecule has 8 heteroatoms. The first-order valence-corrected chi connectivity index (χ1v) is 7.13. The third kappa shape index (κ3) is 9.18. The maximum atomic E-state index is 11.8. The van der Waals surface area contributed by atoms with Crippen LogP contribution < -0.4 is 5.32 Å². The summed E-state index contributed by atoms with van der Waals surface area (Å²) in [6.07, 6.45) is 1.45. The van der Waals surface area contributed by atoms with E-state index in [1.165, 1.54) is 24.1 Å². The molecule has 0 saturated heterocycles. The SMILES string of the molecule is C=CCOC(=O)NC[C@@H](CC(=O)OCC)N(C)C(=O)OCC=C. The van der Waals surface area contributed by atoms with Gasteiger partial charge in [-0.2, -0.15) is 0 Å². The van der Waals surface area contributed by atoms with E-state index in [9.17, 15) is 14.4 Å². The van der Waals surface area contributed by atoms with Crippen LogP contribution in [0.25, 0.3) is 0 Å². The quantitative estimate of drug-likeness (QED) is 0.371. The summed E-state index contributed by atoms with van der Waals surface area (Å²) in [5.41, 5.74) is 0. The van der Waals surface area contributed by atoms with Crippen LogP contribution >= 0.6 is 0 Å². The molecule has 0 unspecified atom stereocenters. The van der Waals surface area contributed by atoms with Crippen LogP contribution in [-0.2, 0) is 19.0 Å². The molecule has 2 amide bonds. The van der Waals surface area contributed by atoms with Crippen molar-refractivity contribution in [1.29, 1.82) is 0 Å². The summed E-state index contributed by atoms with van der Waals surface area (Å²) in [5.74, 6) is -0.484. The van der Waals surface area contributed by atoms with Gasteiger partial charge in [-0.1, -0.05) is 25.3 Å². The van der Waals surface area contributed by atoms with E-state index in [-0.39, 0.29) is 32.8 Å². The molecule has 0 saturated carbocycles. The molecule has 0 aromatic rings. The Labute approximate surface area is 136 Å². The van der Waals surface area contributed by atoms with E-state index < -0.39 is 24.2 Å². The number of alkyl carbamates (subject to hydrolysis) is 1. The first kappa shape index (κ1) is 20.5. The minimum Gasteiger partial charge on any atom is -0.466 e. The Hall–Kier alpha value is -2.51. The van der Waals surface area contributed by atoms with Crippen LogP contribution in [0.4, 0.5) is 9.59 Å². The summed E-state index contributed by atoms with van der Waals surface area (Å²) in [7, 11) is 1.46. The first-order chi connectivity index (χ1) is 11.0. The van der Waals surface area contributed by atoms with Crippen molar-refractivity contribution in [2.45, 2.75) is 19.4 Å². The summed E-state index contributed by atoms with van der Waals surface area (Å²) < 4.78 is 14.5. The summed E-state index contributed by atoms with van der Waals surface area (Å²) in [6.45, 7) is 8.89. The maximum Gasteiger partial charge on any atom is 0.410 e. The van der Waals surface area contributed by atoms with Crippen LogP contribution in [0.1, 0.15) is 13.3 Å². The normalized spacial score (nSPS) is 10.9. The van der Waals surface area contributed by atoms with Crippen molar-refractivity contribution < 1.29 is 28.6 Å². The van der Waals surface area contributed by atoms with Crippen LogP contribution in [-0.4, -0.2) is 62.5 Å². The molecule has 1 atom stereocenters. The molecular formula is C15H24N2O6. The zero-order chi connectivity index (χ0) is 17.7. The summed E-state index contributed by atoms with van der Waals surface area (Å²) in [6, 6.07) is -0.636. The topological polar surface area (TPSA) is 94.2 Å². The van der Waals surface area contributed by atoms with Crippen molar-refractivity contribution in [1.82, 2.24) is 10.2 Å². The van der Waals surface area contributed by atoms with Crippen LogP contribution in [0, 0.1) is 0 Å². The molecule has 0 heterocycles. The Kier molecular flexibility index (Phi) is 10.8. The fourth-order valence-corrected chi connectivity index (χ4v) is 1.53. The molecule has 0 aromatic heterocycles. The molecule has 23 heavy (non-hydrogen) atoms. The van der Waals surface area contributed by atoms with Crippen LogP contribution in [0.3, 0.4) is 0 Å². The molecule has 0 aromatic carbocycles. The van der Waals surface area contributed by atoms with Gasteiger partial charge in [-0.05, 0) is 6.92 Å². The number of likely N-dealkylation sites (N-methyl/N-ethyl adjacent to an activating group) is 1. The van der Waals surface area contributed by atoms with Gasteiger partial charge in [0.2, 0.25) is 0 Å². The molecule has 0 radical (unpaired) electrons. The summed E-state index contributed by atoms with van der Waals surface area (Å²) in [4.78, 5) is 36.1. The fourth-order valence-electron chi connectivity index (χ4n) is 1.53. The third-order valence-corrected chi connectivity index (χ3v) is 2.68. The highest BCUT2D eigenvalue weighted by atomic mass is 16.6. The fraction of sp³-hybridized carbons (Fsp3) is 0.533. The Morgan fingerprint density at radius 2 is 1.74 bits per heavy atom. The summed E-state index contributed by atoms with van der Waals surface area (Å²) >= 11 is 0. The van der Waals surface area contributed by atoms with E-state index in [0.29, 0.717) is 0 Å². The number of rotatable bonds is 10. The van der Waals surface area contributed by atoms with Gasteiger partial charge in [0.05, 0.1) is 19.1 Å². The van der Waals surface area contributed by atoms with Gasteiger partial charge in [0.25, 0.3) is 0 Å². The third-order valence-electron chi connectivity index (χ3n) is 2.68. The van der Waals surface area contributed by atoms with Crippen molar-refractivity contribution in [3.63, 3.8) is 0 Å². The van der Waals surface area contributed by atoms with Gasteiger partial charge in [-0.15, -0.1) is 0 Å². The highest BCUT2D eigenvalue weighted by Gasteiger charge is 2.25. The number of nitrogens with one attached hydrogen (secondary N) is 1. The van der Waals surface area contributed by atoms with Gasteiger partial charge in [-0.25, -0.2) is 9.59 Å². The molecular weight excluding hydrogens is 304 g/mol. The minimum atomic E-state index is -0.674. The van der Waals surface area contributed by atoms with Gasteiger partial charge < -0.3 is 24.4 Å². The number of nitrogens with zero attached hydrogens (tertiary/aromatic N) is 1. The number of carbonyl (C=O) groups excluding carboxylic acids is 3. The first-order valence-electron chi connectivity index (χ1n) is 7.13. The lowest BCUT2D eigenvalue weighted by Crippen LogP contribution is -2.46.